The van der Waals surface area contributed by atoms with Gasteiger partial charge in [-0.3, -0.25) is 9.59 Å². The number of aromatic nitrogens is 3. The molecule has 0 spiro atoms. The number of carboxylic acid groups (broad SMARTS) is 1. The van der Waals surface area contributed by atoms with Gasteiger partial charge < -0.3 is 15.2 Å². The molecule has 8 nitrogen and oxygen atoms in total. The van der Waals surface area contributed by atoms with Gasteiger partial charge in [0.25, 0.3) is 5.91 Å². The van der Waals surface area contributed by atoms with Crippen molar-refractivity contribution in [3.63, 3.8) is 0 Å². The topological polar surface area (TPSA) is 106 Å². The summed E-state index contributed by atoms with van der Waals surface area (Å²) in [5.41, 5.74) is 1.85. The summed E-state index contributed by atoms with van der Waals surface area (Å²) >= 11 is 0. The first-order valence-corrected chi connectivity index (χ1v) is 9.32. The zero-order valence-electron chi connectivity index (χ0n) is 15.9. The SMILES string of the molecule is Cc1cc(C(=O)NCC(C(=O)O)C2CCOCC2)c2cnn(C(C)C)c2n1. The predicted molar refractivity (Wildman–Crippen MR) is 99.7 cm³/mol. The number of aliphatic carboxylic acids is 1. The van der Waals surface area contributed by atoms with Crippen LogP contribution in [0.2, 0.25) is 0 Å². The minimum absolute atomic E-state index is 0.0134. The molecule has 1 atom stereocenters. The van der Waals surface area contributed by atoms with Crippen molar-refractivity contribution in [1.82, 2.24) is 20.1 Å². The van der Waals surface area contributed by atoms with Crippen LogP contribution in [0.5, 0.6) is 0 Å². The Kier molecular flexibility index (Phi) is 5.74. The normalized spacial score (nSPS) is 16.6. The second-order valence-electron chi connectivity index (χ2n) is 7.34. The van der Waals surface area contributed by atoms with Gasteiger partial charge in [0.05, 0.1) is 23.1 Å². The first-order chi connectivity index (χ1) is 12.9. The Morgan fingerprint density at radius 2 is 2.07 bits per heavy atom. The minimum Gasteiger partial charge on any atom is -0.481 e. The predicted octanol–water partition coefficient (Wildman–Crippen LogP) is 2.18. The Hall–Kier alpha value is -2.48. The molecule has 0 radical (unpaired) electrons. The lowest BCUT2D eigenvalue weighted by molar-refractivity contribution is -0.144. The second-order valence-corrected chi connectivity index (χ2v) is 7.34. The van der Waals surface area contributed by atoms with E-state index in [1.807, 2.05) is 20.8 Å². The van der Waals surface area contributed by atoms with Crippen molar-refractivity contribution in [2.75, 3.05) is 19.8 Å². The van der Waals surface area contributed by atoms with E-state index in [0.717, 1.165) is 0 Å². The zero-order valence-corrected chi connectivity index (χ0v) is 15.9. The molecule has 146 valence electrons. The van der Waals surface area contributed by atoms with Crippen LogP contribution in [0.1, 0.15) is 48.8 Å². The van der Waals surface area contributed by atoms with E-state index in [0.29, 0.717) is 48.3 Å². The fourth-order valence-electron chi connectivity index (χ4n) is 3.58. The number of fused-ring (bicyclic) bond motifs is 1. The lowest BCUT2D eigenvalue weighted by atomic mass is 9.86. The van der Waals surface area contributed by atoms with Gasteiger partial charge in [-0.2, -0.15) is 5.10 Å². The number of hydrogen-bond donors (Lipinski definition) is 2. The molecule has 2 aromatic rings. The lowest BCUT2D eigenvalue weighted by Crippen LogP contribution is -2.39. The number of amides is 1. The Labute approximate surface area is 157 Å². The maximum absolute atomic E-state index is 12.8. The third-order valence-corrected chi connectivity index (χ3v) is 5.06. The van der Waals surface area contributed by atoms with E-state index in [1.54, 1.807) is 16.9 Å². The van der Waals surface area contributed by atoms with E-state index in [1.165, 1.54) is 0 Å². The molecule has 1 amide bonds. The maximum Gasteiger partial charge on any atom is 0.308 e. The van der Waals surface area contributed by atoms with Crippen LogP contribution in [0.3, 0.4) is 0 Å². The molecule has 1 aliphatic heterocycles. The monoisotopic (exact) mass is 374 g/mol. The number of ether oxygens (including phenoxy) is 1. The Bertz CT molecular complexity index is 840. The largest absolute Gasteiger partial charge is 0.481 e. The van der Waals surface area contributed by atoms with Crippen molar-refractivity contribution in [2.45, 2.75) is 39.7 Å². The number of carbonyl (C=O) groups excluding carboxylic acids is 1. The molecule has 2 N–H and O–H groups in total. The van der Waals surface area contributed by atoms with Gasteiger partial charge in [-0.15, -0.1) is 0 Å². The molecular formula is C19H26N4O4. The number of carbonyl (C=O) groups is 2. The van der Waals surface area contributed by atoms with Crippen molar-refractivity contribution in [3.05, 3.63) is 23.5 Å². The molecule has 1 fully saturated rings. The van der Waals surface area contributed by atoms with Crippen molar-refractivity contribution >= 4 is 22.9 Å². The van der Waals surface area contributed by atoms with Crippen LogP contribution in [0.4, 0.5) is 0 Å². The van der Waals surface area contributed by atoms with Crippen LogP contribution in [-0.2, 0) is 9.53 Å². The first kappa shape index (κ1) is 19.3. The molecular weight excluding hydrogens is 348 g/mol. The lowest BCUT2D eigenvalue weighted by Gasteiger charge is -2.27. The summed E-state index contributed by atoms with van der Waals surface area (Å²) in [6.45, 7) is 7.07. The number of nitrogens with one attached hydrogen (secondary N) is 1. The molecule has 1 unspecified atom stereocenters. The third kappa shape index (κ3) is 4.10. The molecule has 8 heteroatoms. The van der Waals surface area contributed by atoms with E-state index in [9.17, 15) is 14.7 Å². The molecule has 3 rings (SSSR count). The average Bonchev–Trinajstić information content (AvgIpc) is 3.05. The molecule has 0 aliphatic carbocycles. The standard InChI is InChI=1S/C19H26N4O4/c1-11(2)23-17-16(10-21-23)14(8-12(3)22-17)18(24)20-9-15(19(25)26)13-4-6-27-7-5-13/h8,10-11,13,15H,4-7,9H2,1-3H3,(H,20,24)(H,25,26). The molecule has 0 aromatic carbocycles. The van der Waals surface area contributed by atoms with E-state index >= 15 is 0 Å². The van der Waals surface area contributed by atoms with Gasteiger partial charge in [0.15, 0.2) is 5.65 Å². The Morgan fingerprint density at radius 1 is 1.37 bits per heavy atom. The summed E-state index contributed by atoms with van der Waals surface area (Å²) < 4.78 is 7.09. The van der Waals surface area contributed by atoms with E-state index < -0.39 is 11.9 Å². The van der Waals surface area contributed by atoms with Crippen LogP contribution in [0.15, 0.2) is 12.3 Å². The van der Waals surface area contributed by atoms with Crippen LogP contribution < -0.4 is 5.32 Å². The molecule has 1 aliphatic rings. The van der Waals surface area contributed by atoms with Crippen molar-refractivity contribution < 1.29 is 19.4 Å². The highest BCUT2D eigenvalue weighted by Crippen LogP contribution is 2.25. The fraction of sp³-hybridized carbons (Fsp3) is 0.579. The maximum atomic E-state index is 12.8. The summed E-state index contributed by atoms with van der Waals surface area (Å²) in [5.74, 6) is -1.79. The number of hydrogen-bond acceptors (Lipinski definition) is 5. The number of nitrogens with zero attached hydrogens (tertiary/aromatic N) is 3. The quantitative estimate of drug-likeness (QED) is 0.803. The highest BCUT2D eigenvalue weighted by atomic mass is 16.5. The van der Waals surface area contributed by atoms with Crippen LogP contribution in [0, 0.1) is 18.8 Å². The fourth-order valence-corrected chi connectivity index (χ4v) is 3.58. The Balaban J connectivity index is 1.80. The second kappa shape index (κ2) is 8.04. The van der Waals surface area contributed by atoms with Gasteiger partial charge in [-0.1, -0.05) is 0 Å². The number of pyridine rings is 1. The van der Waals surface area contributed by atoms with Gasteiger partial charge >= 0.3 is 5.97 Å². The zero-order chi connectivity index (χ0) is 19.6. The van der Waals surface area contributed by atoms with Crippen molar-refractivity contribution in [2.24, 2.45) is 11.8 Å². The van der Waals surface area contributed by atoms with E-state index in [4.69, 9.17) is 4.74 Å². The molecule has 1 saturated heterocycles. The highest BCUT2D eigenvalue weighted by Gasteiger charge is 2.30. The molecule has 0 bridgehead atoms. The molecule has 3 heterocycles. The number of rotatable bonds is 6. The third-order valence-electron chi connectivity index (χ3n) is 5.06. The minimum atomic E-state index is -0.883. The van der Waals surface area contributed by atoms with Crippen molar-refractivity contribution in [1.29, 1.82) is 0 Å². The number of aryl methyl sites for hydroxylation is 1. The van der Waals surface area contributed by atoms with Gasteiger partial charge in [0.2, 0.25) is 0 Å². The smallest absolute Gasteiger partial charge is 0.308 e. The number of carboxylic acids is 1. The van der Waals surface area contributed by atoms with Crippen LogP contribution >= 0.6 is 0 Å². The molecule has 2 aromatic heterocycles. The van der Waals surface area contributed by atoms with Gasteiger partial charge in [-0.25, -0.2) is 9.67 Å². The summed E-state index contributed by atoms with van der Waals surface area (Å²) in [5, 5.41) is 17.4. The van der Waals surface area contributed by atoms with E-state index in [-0.39, 0.29) is 24.4 Å². The van der Waals surface area contributed by atoms with Crippen molar-refractivity contribution in [3.8, 4) is 0 Å². The summed E-state index contributed by atoms with van der Waals surface area (Å²) in [7, 11) is 0. The summed E-state index contributed by atoms with van der Waals surface area (Å²) in [6.07, 6.45) is 3.04. The van der Waals surface area contributed by atoms with Crippen LogP contribution in [0.25, 0.3) is 11.0 Å². The summed E-state index contributed by atoms with van der Waals surface area (Å²) in [6, 6.07) is 1.84. The van der Waals surface area contributed by atoms with Gasteiger partial charge in [-0.05, 0) is 45.6 Å². The van der Waals surface area contributed by atoms with Gasteiger partial charge in [0.1, 0.15) is 0 Å². The van der Waals surface area contributed by atoms with Gasteiger partial charge in [0, 0.05) is 31.5 Å². The Morgan fingerprint density at radius 3 is 2.70 bits per heavy atom. The highest BCUT2D eigenvalue weighted by molar-refractivity contribution is 6.05. The molecule has 27 heavy (non-hydrogen) atoms. The molecule has 0 saturated carbocycles. The first-order valence-electron chi connectivity index (χ1n) is 9.32. The summed E-state index contributed by atoms with van der Waals surface area (Å²) in [4.78, 5) is 29.0. The van der Waals surface area contributed by atoms with E-state index in [2.05, 4.69) is 15.4 Å². The van der Waals surface area contributed by atoms with Crippen LogP contribution in [-0.4, -0.2) is 51.5 Å². The average molecular weight is 374 g/mol.